The molecule has 2 aromatic carbocycles. The Morgan fingerprint density at radius 3 is 2.31 bits per heavy atom. The Bertz CT molecular complexity index is 941. The predicted molar refractivity (Wildman–Crippen MR) is 145 cm³/mol. The summed E-state index contributed by atoms with van der Waals surface area (Å²) in [4.78, 5) is 15.0. The van der Waals surface area contributed by atoms with Crippen molar-refractivity contribution < 1.29 is 19.5 Å². The van der Waals surface area contributed by atoms with Gasteiger partial charge in [0.2, 0.25) is 0 Å². The molecule has 1 fully saturated rings. The van der Waals surface area contributed by atoms with E-state index in [2.05, 4.69) is 73.9 Å². The Balaban J connectivity index is 0.000000202. The van der Waals surface area contributed by atoms with E-state index < -0.39 is 5.97 Å². The number of aliphatic hydroxyl groups excluding tert-OH is 1. The zero-order chi connectivity index (χ0) is 25.7. The van der Waals surface area contributed by atoms with Crippen molar-refractivity contribution in [2.24, 2.45) is 16.1 Å². The number of nitrogens with two attached hydrogens (primary N) is 1. The lowest BCUT2D eigenvalue weighted by atomic mass is 9.72. The average molecular weight is 486 g/mol. The molecule has 0 aromatic heterocycles. The zero-order valence-corrected chi connectivity index (χ0v) is 21.8. The number of rotatable bonds is 7. The van der Waals surface area contributed by atoms with Gasteiger partial charge in [0.1, 0.15) is 12.4 Å². The minimum absolute atomic E-state index is 0.0793. The summed E-state index contributed by atoms with van der Waals surface area (Å²) in [5.74, 6) is 0.415. The first kappa shape index (κ1) is 28.8. The summed E-state index contributed by atoms with van der Waals surface area (Å²) < 4.78 is 0.844. The Morgan fingerprint density at radius 1 is 1.09 bits per heavy atom. The molecule has 0 amide bonds. The van der Waals surface area contributed by atoms with E-state index in [0.717, 1.165) is 62.1 Å². The zero-order valence-electron chi connectivity index (χ0n) is 21.8. The number of aliphatic carboxylic acids is 1. The first-order valence-corrected chi connectivity index (χ1v) is 12.7. The molecule has 7 heteroatoms. The normalized spacial score (nSPS) is 16.8. The maximum absolute atomic E-state index is 10.6. The number of hydrogen-bond acceptors (Lipinski definition) is 5. The molecule has 1 aliphatic heterocycles. The van der Waals surface area contributed by atoms with Gasteiger partial charge >= 0.3 is 5.97 Å². The first-order chi connectivity index (χ1) is 16.7. The monoisotopic (exact) mass is 485 g/mol. The fraction of sp³-hybridized carbons (Fsp3) is 0.571. The van der Waals surface area contributed by atoms with E-state index in [1.807, 2.05) is 0 Å². The second-order valence-electron chi connectivity index (χ2n) is 10.6. The van der Waals surface area contributed by atoms with Crippen LogP contribution in [0.25, 0.3) is 10.8 Å². The highest BCUT2D eigenvalue weighted by Crippen LogP contribution is 2.38. The molecule has 35 heavy (non-hydrogen) atoms. The topological polar surface area (TPSA) is 108 Å². The van der Waals surface area contributed by atoms with E-state index in [1.54, 1.807) is 0 Å². The number of hydrogen-bond donors (Lipinski definition) is 4. The average Bonchev–Trinajstić information content (AvgIpc) is 3.33. The van der Waals surface area contributed by atoms with Gasteiger partial charge < -0.3 is 25.7 Å². The number of likely N-dealkylation sites (N-methyl/N-ethyl adjacent to an activating group) is 1. The van der Waals surface area contributed by atoms with Crippen molar-refractivity contribution in [3.8, 4) is 0 Å². The number of nitrogens with one attached hydrogen (secondary N) is 1. The molecule has 1 saturated carbocycles. The summed E-state index contributed by atoms with van der Waals surface area (Å²) in [5.41, 5.74) is 6.90. The lowest BCUT2D eigenvalue weighted by Crippen LogP contribution is -2.36. The van der Waals surface area contributed by atoms with Gasteiger partial charge in [-0.25, -0.2) is 0 Å². The Kier molecular flexibility index (Phi) is 11.6. The molecule has 0 radical (unpaired) electrons. The van der Waals surface area contributed by atoms with Crippen LogP contribution in [0.15, 0.2) is 47.5 Å². The van der Waals surface area contributed by atoms with Gasteiger partial charge in [0.25, 0.3) is 0 Å². The minimum atomic E-state index is -0.706. The van der Waals surface area contributed by atoms with E-state index in [1.165, 1.54) is 22.8 Å². The first-order valence-electron chi connectivity index (χ1n) is 12.7. The molecule has 7 nitrogen and oxygen atoms in total. The van der Waals surface area contributed by atoms with E-state index >= 15 is 0 Å². The predicted octanol–water partition coefficient (Wildman–Crippen LogP) is 3.44. The van der Waals surface area contributed by atoms with Crippen LogP contribution in [0.4, 0.5) is 0 Å². The van der Waals surface area contributed by atoms with Crippen LogP contribution < -0.4 is 11.1 Å². The third-order valence-corrected chi connectivity index (χ3v) is 6.63. The van der Waals surface area contributed by atoms with Gasteiger partial charge in [-0.2, -0.15) is 0 Å². The molecule has 4 rings (SSSR count). The van der Waals surface area contributed by atoms with Crippen LogP contribution in [0, 0.1) is 5.41 Å². The fourth-order valence-corrected chi connectivity index (χ4v) is 4.57. The molecule has 0 spiro atoms. The van der Waals surface area contributed by atoms with E-state index in [9.17, 15) is 4.79 Å². The number of carboxylic acid groups (broad SMARTS) is 1. The van der Waals surface area contributed by atoms with Gasteiger partial charge in [-0.15, -0.1) is 0 Å². The van der Waals surface area contributed by atoms with Crippen LogP contribution in [-0.4, -0.2) is 80.4 Å². The summed E-state index contributed by atoms with van der Waals surface area (Å²) in [6.45, 7) is 3.54. The van der Waals surface area contributed by atoms with Gasteiger partial charge in [-0.05, 0) is 41.1 Å². The third kappa shape index (κ3) is 10.3. The van der Waals surface area contributed by atoms with Crippen LogP contribution in [0.3, 0.4) is 0 Å². The third-order valence-electron chi connectivity index (χ3n) is 6.63. The molecule has 1 heterocycles. The number of carboxylic acids is 1. The molecule has 2 aliphatic rings. The van der Waals surface area contributed by atoms with E-state index in [-0.39, 0.29) is 18.4 Å². The molecule has 2 aromatic rings. The van der Waals surface area contributed by atoms with E-state index in [0.29, 0.717) is 6.54 Å². The highest BCUT2D eigenvalue weighted by atomic mass is 16.4. The lowest BCUT2D eigenvalue weighted by molar-refractivity contribution is -0.870. The Morgan fingerprint density at radius 2 is 1.77 bits per heavy atom. The summed E-state index contributed by atoms with van der Waals surface area (Å²) in [6, 6.07) is 15.0. The van der Waals surface area contributed by atoms with Gasteiger partial charge in [0, 0.05) is 13.0 Å². The highest BCUT2D eigenvalue weighted by Gasteiger charge is 2.32. The molecule has 194 valence electrons. The van der Waals surface area contributed by atoms with Gasteiger partial charge in [0.15, 0.2) is 0 Å². The molecule has 0 atom stereocenters. The van der Waals surface area contributed by atoms with Crippen molar-refractivity contribution in [2.45, 2.75) is 44.9 Å². The summed E-state index contributed by atoms with van der Waals surface area (Å²) in [5, 5.41) is 23.1. The molecule has 5 N–H and O–H groups in total. The van der Waals surface area contributed by atoms with Gasteiger partial charge in [0.05, 0.1) is 40.7 Å². The van der Waals surface area contributed by atoms with Crippen LogP contribution in [0.1, 0.15) is 44.1 Å². The molecule has 0 bridgehead atoms. The summed E-state index contributed by atoms with van der Waals surface area (Å²) >= 11 is 0. The summed E-state index contributed by atoms with van der Waals surface area (Å²) in [6.07, 6.45) is 6.69. The standard InChI is InChI=1S/C14H14N2.C9H17NO2.C5H14NO/c1-2-7-13-11(4-1)5-3-6-12(13)10-14-15-8-9-16-14;10-7-9(6-8(11)12)4-2-1-3-5-9;1-6(2,3)4-5-7/h1-7H,8-10H2,(H,15,16);1-7,10H2,(H,11,12);7H,4-5H2,1-3H3/q;;+1. The van der Waals surface area contributed by atoms with Crippen molar-refractivity contribution >= 4 is 22.6 Å². The Labute approximate surface area is 210 Å². The number of nitrogens with zero attached hydrogens (tertiary/aromatic N) is 2. The van der Waals surface area contributed by atoms with Crippen LogP contribution >= 0.6 is 0 Å². The minimum Gasteiger partial charge on any atom is -0.481 e. The van der Waals surface area contributed by atoms with Crippen LogP contribution in [-0.2, 0) is 11.2 Å². The number of fused-ring (bicyclic) bond motifs is 1. The second kappa shape index (κ2) is 14.2. The Hall–Kier alpha value is -2.48. The largest absolute Gasteiger partial charge is 0.481 e. The number of aliphatic imine (C=N–C) groups is 1. The smallest absolute Gasteiger partial charge is 0.303 e. The number of amidine groups is 1. The molecule has 0 unspecified atom stereocenters. The molecule has 0 saturated heterocycles. The molecular weight excluding hydrogens is 440 g/mol. The maximum atomic E-state index is 10.6. The van der Waals surface area contributed by atoms with E-state index in [4.69, 9.17) is 15.9 Å². The summed E-state index contributed by atoms with van der Waals surface area (Å²) in [7, 11) is 6.16. The molecular formula is C28H45N4O3+. The van der Waals surface area contributed by atoms with Crippen LogP contribution in [0.2, 0.25) is 0 Å². The second-order valence-corrected chi connectivity index (χ2v) is 10.6. The van der Waals surface area contributed by atoms with Crippen LogP contribution in [0.5, 0.6) is 0 Å². The number of aliphatic hydroxyl groups is 1. The SMILES string of the molecule is C[N+](C)(C)CCO.NCC1(CC(=O)O)CCCCC1.c1ccc2c(CC3=NCCN3)cccc2c1. The maximum Gasteiger partial charge on any atom is 0.303 e. The quantitative estimate of drug-likeness (QED) is 0.450. The number of quaternary nitrogens is 1. The fourth-order valence-electron chi connectivity index (χ4n) is 4.57. The highest BCUT2D eigenvalue weighted by molar-refractivity contribution is 5.92. The van der Waals surface area contributed by atoms with Gasteiger partial charge in [-0.3, -0.25) is 9.79 Å². The van der Waals surface area contributed by atoms with Crippen molar-refractivity contribution in [3.63, 3.8) is 0 Å². The van der Waals surface area contributed by atoms with Crippen molar-refractivity contribution in [1.29, 1.82) is 0 Å². The lowest BCUT2D eigenvalue weighted by Gasteiger charge is -2.34. The number of carbonyl (C=O) groups is 1. The van der Waals surface area contributed by atoms with Gasteiger partial charge in [-0.1, -0.05) is 61.7 Å². The number of benzene rings is 2. The van der Waals surface area contributed by atoms with Crippen molar-refractivity contribution in [2.75, 3.05) is 53.9 Å². The van der Waals surface area contributed by atoms with Crippen molar-refractivity contribution in [3.05, 3.63) is 48.0 Å². The molecule has 1 aliphatic carbocycles. The van der Waals surface area contributed by atoms with Crippen molar-refractivity contribution in [1.82, 2.24) is 5.32 Å².